The number of carboxylic acid groups (broad SMARTS) is 1. The fourth-order valence-electron chi connectivity index (χ4n) is 2.26. The number of thiazole rings is 1. The second-order valence-corrected chi connectivity index (χ2v) is 5.92. The first-order valence-corrected chi connectivity index (χ1v) is 6.74. The maximum atomic E-state index is 11.0. The van der Waals surface area contributed by atoms with E-state index in [1.165, 1.54) is 4.88 Å². The molecule has 2 heterocycles. The van der Waals surface area contributed by atoms with Crippen LogP contribution in [-0.4, -0.2) is 28.6 Å². The molecule has 5 heteroatoms. The van der Waals surface area contributed by atoms with Crippen LogP contribution in [0.4, 0.5) is 5.13 Å². The summed E-state index contributed by atoms with van der Waals surface area (Å²) < 4.78 is 0. The molecule has 1 aromatic heterocycles. The average molecular weight is 254 g/mol. The molecule has 1 fully saturated rings. The smallest absolute Gasteiger partial charge is 0.306 e. The Morgan fingerprint density at radius 1 is 1.53 bits per heavy atom. The van der Waals surface area contributed by atoms with Gasteiger partial charge in [-0.05, 0) is 33.6 Å². The molecule has 1 N–H and O–H groups in total. The van der Waals surface area contributed by atoms with Gasteiger partial charge in [0.05, 0.1) is 11.6 Å². The van der Waals surface area contributed by atoms with Gasteiger partial charge in [-0.15, -0.1) is 11.3 Å². The van der Waals surface area contributed by atoms with Crippen molar-refractivity contribution in [3.8, 4) is 0 Å². The number of hydrogen-bond acceptors (Lipinski definition) is 4. The van der Waals surface area contributed by atoms with Gasteiger partial charge < -0.3 is 10.0 Å². The number of piperidine rings is 1. The van der Waals surface area contributed by atoms with Crippen molar-refractivity contribution in [1.82, 2.24) is 4.98 Å². The zero-order valence-corrected chi connectivity index (χ0v) is 11.3. The number of aryl methyl sites for hydroxylation is 2. The first-order chi connectivity index (χ1) is 7.99. The van der Waals surface area contributed by atoms with Gasteiger partial charge in [-0.25, -0.2) is 4.98 Å². The van der Waals surface area contributed by atoms with Crippen LogP contribution in [0.15, 0.2) is 0 Å². The molecule has 2 unspecified atom stereocenters. The number of aliphatic carboxylic acids is 1. The van der Waals surface area contributed by atoms with E-state index in [2.05, 4.69) is 23.7 Å². The van der Waals surface area contributed by atoms with Gasteiger partial charge in [-0.3, -0.25) is 4.79 Å². The Labute approximate surface area is 105 Å². The Balaban J connectivity index is 2.11. The summed E-state index contributed by atoms with van der Waals surface area (Å²) in [6, 6.07) is 0.259. The summed E-state index contributed by atoms with van der Waals surface area (Å²) in [6.07, 6.45) is 1.43. The maximum absolute atomic E-state index is 11.0. The highest BCUT2D eigenvalue weighted by molar-refractivity contribution is 7.15. The number of anilines is 1. The summed E-state index contributed by atoms with van der Waals surface area (Å²) in [5, 5.41) is 10.1. The molecule has 0 saturated carbocycles. The molecule has 1 aliphatic rings. The highest BCUT2D eigenvalue weighted by Crippen LogP contribution is 2.32. The molecular formula is C12H18N2O2S. The molecule has 1 saturated heterocycles. The van der Waals surface area contributed by atoms with E-state index in [4.69, 9.17) is 5.11 Å². The van der Waals surface area contributed by atoms with Crippen molar-refractivity contribution < 1.29 is 9.90 Å². The van der Waals surface area contributed by atoms with Gasteiger partial charge in [0.15, 0.2) is 5.13 Å². The summed E-state index contributed by atoms with van der Waals surface area (Å²) >= 11 is 1.70. The highest BCUT2D eigenvalue weighted by atomic mass is 32.1. The van der Waals surface area contributed by atoms with Crippen LogP contribution >= 0.6 is 11.3 Å². The van der Waals surface area contributed by atoms with E-state index in [9.17, 15) is 4.79 Å². The first kappa shape index (κ1) is 12.4. The number of nitrogens with zero attached hydrogens (tertiary/aromatic N) is 2. The monoisotopic (exact) mass is 254 g/mol. The highest BCUT2D eigenvalue weighted by Gasteiger charge is 2.31. The van der Waals surface area contributed by atoms with Crippen molar-refractivity contribution in [3.05, 3.63) is 10.6 Å². The van der Waals surface area contributed by atoms with Gasteiger partial charge in [-0.1, -0.05) is 0 Å². The average Bonchev–Trinajstić information content (AvgIpc) is 2.58. The van der Waals surface area contributed by atoms with E-state index in [-0.39, 0.29) is 12.0 Å². The number of carboxylic acids is 1. The van der Waals surface area contributed by atoms with Crippen LogP contribution in [0.2, 0.25) is 0 Å². The number of rotatable bonds is 2. The number of carbonyl (C=O) groups is 1. The molecule has 2 rings (SSSR count). The Hall–Kier alpha value is -1.10. The van der Waals surface area contributed by atoms with Gasteiger partial charge in [-0.2, -0.15) is 0 Å². The normalized spacial score (nSPS) is 25.0. The zero-order valence-electron chi connectivity index (χ0n) is 10.4. The maximum Gasteiger partial charge on any atom is 0.306 e. The van der Waals surface area contributed by atoms with E-state index < -0.39 is 5.97 Å². The fraction of sp³-hybridized carbons (Fsp3) is 0.667. The van der Waals surface area contributed by atoms with Gasteiger partial charge in [0.25, 0.3) is 0 Å². The molecule has 0 aromatic carbocycles. The van der Waals surface area contributed by atoms with Crippen LogP contribution in [0.25, 0.3) is 0 Å². The van der Waals surface area contributed by atoms with Crippen LogP contribution in [0.5, 0.6) is 0 Å². The Bertz CT molecular complexity index is 411. The lowest BCUT2D eigenvalue weighted by molar-refractivity contribution is -0.142. The fourth-order valence-corrected chi connectivity index (χ4v) is 3.30. The van der Waals surface area contributed by atoms with Crippen LogP contribution in [0.1, 0.15) is 30.3 Å². The quantitative estimate of drug-likeness (QED) is 0.880. The van der Waals surface area contributed by atoms with E-state index in [0.717, 1.165) is 23.8 Å². The molecule has 4 nitrogen and oxygen atoms in total. The van der Waals surface area contributed by atoms with Crippen molar-refractivity contribution >= 4 is 22.4 Å². The third-order valence-corrected chi connectivity index (χ3v) is 4.60. The summed E-state index contributed by atoms with van der Waals surface area (Å²) in [4.78, 5) is 19.0. The minimum Gasteiger partial charge on any atom is -0.481 e. The second-order valence-electron chi connectivity index (χ2n) is 4.74. The Morgan fingerprint density at radius 2 is 2.24 bits per heavy atom. The molecule has 0 aliphatic carbocycles. The standard InChI is InChI=1S/C12H18N2O2S/c1-7-6-10(11(15)16)4-5-14(7)12-13-8(2)9(3)17-12/h7,10H,4-6H2,1-3H3,(H,15,16). The summed E-state index contributed by atoms with van der Waals surface area (Å²) in [6.45, 7) is 6.97. The molecule has 0 spiro atoms. The minimum absolute atomic E-state index is 0.191. The summed E-state index contributed by atoms with van der Waals surface area (Å²) in [5.41, 5.74) is 1.08. The van der Waals surface area contributed by atoms with E-state index in [1.54, 1.807) is 11.3 Å². The first-order valence-electron chi connectivity index (χ1n) is 5.92. The summed E-state index contributed by atoms with van der Waals surface area (Å²) in [7, 11) is 0. The third kappa shape index (κ3) is 2.44. The van der Waals surface area contributed by atoms with Crippen LogP contribution in [0, 0.1) is 19.8 Å². The molecule has 0 bridgehead atoms. The van der Waals surface area contributed by atoms with Gasteiger partial charge in [0.1, 0.15) is 0 Å². The lowest BCUT2D eigenvalue weighted by Crippen LogP contribution is -2.42. The van der Waals surface area contributed by atoms with E-state index in [1.807, 2.05) is 6.92 Å². The van der Waals surface area contributed by atoms with Crippen LogP contribution in [-0.2, 0) is 4.79 Å². The SMILES string of the molecule is Cc1nc(N2CCC(C(=O)O)CC2C)sc1C. The zero-order chi connectivity index (χ0) is 12.6. The molecule has 1 aliphatic heterocycles. The lowest BCUT2D eigenvalue weighted by Gasteiger charge is -2.36. The van der Waals surface area contributed by atoms with Crippen molar-refractivity contribution in [2.24, 2.45) is 5.92 Å². The summed E-state index contributed by atoms with van der Waals surface area (Å²) in [5.74, 6) is -0.855. The van der Waals surface area contributed by atoms with E-state index in [0.29, 0.717) is 6.42 Å². The van der Waals surface area contributed by atoms with E-state index >= 15 is 0 Å². The topological polar surface area (TPSA) is 53.4 Å². The molecule has 94 valence electrons. The van der Waals surface area contributed by atoms with Gasteiger partial charge in [0, 0.05) is 17.5 Å². The van der Waals surface area contributed by atoms with Crippen molar-refractivity contribution in [2.75, 3.05) is 11.4 Å². The predicted molar refractivity (Wildman–Crippen MR) is 68.8 cm³/mol. The minimum atomic E-state index is -0.664. The number of aromatic nitrogens is 1. The van der Waals surface area contributed by atoms with Crippen molar-refractivity contribution in [1.29, 1.82) is 0 Å². The predicted octanol–water partition coefficient (Wildman–Crippen LogP) is 2.45. The Kier molecular flexibility index (Phi) is 3.38. The van der Waals surface area contributed by atoms with Crippen molar-refractivity contribution in [2.45, 2.75) is 39.7 Å². The third-order valence-electron chi connectivity index (χ3n) is 3.49. The van der Waals surface area contributed by atoms with Gasteiger partial charge >= 0.3 is 5.97 Å². The van der Waals surface area contributed by atoms with Crippen LogP contribution < -0.4 is 4.90 Å². The molecule has 0 radical (unpaired) electrons. The van der Waals surface area contributed by atoms with Crippen LogP contribution in [0.3, 0.4) is 0 Å². The second kappa shape index (κ2) is 4.64. The Morgan fingerprint density at radius 3 is 2.71 bits per heavy atom. The molecule has 1 aromatic rings. The molecule has 0 amide bonds. The molecule has 2 atom stereocenters. The number of hydrogen-bond donors (Lipinski definition) is 1. The largest absolute Gasteiger partial charge is 0.481 e. The van der Waals surface area contributed by atoms with Gasteiger partial charge in [0.2, 0.25) is 0 Å². The lowest BCUT2D eigenvalue weighted by atomic mass is 9.92. The molecular weight excluding hydrogens is 236 g/mol. The van der Waals surface area contributed by atoms with Crippen molar-refractivity contribution in [3.63, 3.8) is 0 Å². The molecule has 17 heavy (non-hydrogen) atoms.